The molecule has 63 heavy (non-hydrogen) atoms. The van der Waals surface area contributed by atoms with Crippen LogP contribution in [0.3, 0.4) is 0 Å². The van der Waals surface area contributed by atoms with Gasteiger partial charge in [-0.2, -0.15) is 13.2 Å². The van der Waals surface area contributed by atoms with Crippen LogP contribution in [0.2, 0.25) is 5.02 Å². The summed E-state index contributed by atoms with van der Waals surface area (Å²) in [5, 5.41) is 16.4. The first-order valence-corrected chi connectivity index (χ1v) is 22.1. The number of benzene rings is 5. The van der Waals surface area contributed by atoms with Gasteiger partial charge in [-0.3, -0.25) is 19.8 Å². The first kappa shape index (κ1) is 43.5. The minimum absolute atomic E-state index is 0.0634. The number of fused-ring (bicyclic) bond motifs is 1. The largest absolute Gasteiger partial charge is 0.456 e. The van der Waals surface area contributed by atoms with E-state index in [2.05, 4.69) is 24.8 Å². The van der Waals surface area contributed by atoms with Gasteiger partial charge in [-0.25, -0.2) is 13.1 Å². The molecule has 328 valence electrons. The standard InChI is InChI=1S/C45H42ClF3N6O7S/c46-34-5-2-30(3-6-34)39-24-33(45(47,48)49)4-1-32(39)28-53-17-19-54(20-18-53)35-7-10-38(43(25-35)62-36-8-11-40-31(23-36)13-16-50-40)44(56)52-63(59,60)37-9-12-41(42(26-37)55(57)58)51-27-29-14-21-61-22-15-29/h1-13,16,23-26,29,50-51H,14-15,17-22,27-28H2,(H,52,56). The Kier molecular flexibility index (Phi) is 12.6. The summed E-state index contributed by atoms with van der Waals surface area (Å²) in [4.78, 5) is 32.1. The first-order chi connectivity index (χ1) is 30.2. The van der Waals surface area contributed by atoms with Gasteiger partial charge in [0, 0.05) is 92.4 Å². The van der Waals surface area contributed by atoms with Crippen molar-refractivity contribution in [2.24, 2.45) is 5.92 Å². The van der Waals surface area contributed by atoms with Crippen LogP contribution in [0, 0.1) is 16.0 Å². The van der Waals surface area contributed by atoms with Gasteiger partial charge in [0.05, 0.1) is 20.9 Å². The summed E-state index contributed by atoms with van der Waals surface area (Å²) in [6.07, 6.45) is -1.14. The number of nitro benzene ring substituents is 1. The lowest BCUT2D eigenvalue weighted by atomic mass is 9.96. The molecule has 0 atom stereocenters. The van der Waals surface area contributed by atoms with Gasteiger partial charge in [-0.15, -0.1) is 0 Å². The molecule has 2 aliphatic rings. The van der Waals surface area contributed by atoms with Crippen molar-refractivity contribution < 1.29 is 40.8 Å². The number of H-pyrrole nitrogens is 1. The Bertz CT molecular complexity index is 2750. The van der Waals surface area contributed by atoms with Crippen LogP contribution in [-0.4, -0.2) is 75.1 Å². The third-order valence-electron chi connectivity index (χ3n) is 11.3. The van der Waals surface area contributed by atoms with E-state index in [1.54, 1.807) is 54.7 Å². The van der Waals surface area contributed by atoms with Crippen LogP contribution in [0.5, 0.6) is 11.5 Å². The zero-order valence-electron chi connectivity index (χ0n) is 33.7. The second kappa shape index (κ2) is 18.3. The Morgan fingerprint density at radius 2 is 1.68 bits per heavy atom. The van der Waals surface area contributed by atoms with E-state index in [1.165, 1.54) is 30.3 Å². The van der Waals surface area contributed by atoms with Crippen LogP contribution in [0.15, 0.2) is 114 Å². The molecule has 8 rings (SSSR count). The number of rotatable bonds is 13. The van der Waals surface area contributed by atoms with Crippen molar-refractivity contribution in [2.45, 2.75) is 30.5 Å². The van der Waals surface area contributed by atoms with E-state index in [0.717, 1.165) is 41.4 Å². The van der Waals surface area contributed by atoms with Crippen molar-refractivity contribution >= 4 is 55.5 Å². The average molecular weight is 903 g/mol. The molecule has 1 aromatic heterocycles. The maximum Gasteiger partial charge on any atom is 0.416 e. The topological polar surface area (TPSA) is 159 Å². The maximum atomic E-state index is 13.9. The Morgan fingerprint density at radius 1 is 0.921 bits per heavy atom. The molecule has 13 nitrogen and oxygen atoms in total. The number of anilines is 2. The lowest BCUT2D eigenvalue weighted by Gasteiger charge is -2.36. The highest BCUT2D eigenvalue weighted by atomic mass is 35.5. The third-order valence-corrected chi connectivity index (χ3v) is 12.9. The van der Waals surface area contributed by atoms with Crippen LogP contribution in [0.4, 0.5) is 30.2 Å². The molecule has 0 saturated carbocycles. The molecular formula is C45H42ClF3N6O7S. The summed E-state index contributed by atoms with van der Waals surface area (Å²) < 4.78 is 82.3. The monoisotopic (exact) mass is 902 g/mol. The number of hydrogen-bond acceptors (Lipinski definition) is 10. The number of carbonyl (C=O) groups excluding carboxylic acids is 1. The fraction of sp³-hybridized carbons (Fsp3) is 0.267. The van der Waals surface area contributed by atoms with E-state index >= 15 is 0 Å². The summed E-state index contributed by atoms with van der Waals surface area (Å²) in [5.74, 6) is -0.322. The fourth-order valence-corrected chi connectivity index (χ4v) is 8.93. The summed E-state index contributed by atoms with van der Waals surface area (Å²) in [7, 11) is -4.61. The van der Waals surface area contributed by atoms with Crippen LogP contribution < -0.4 is 19.7 Å². The lowest BCUT2D eigenvalue weighted by Crippen LogP contribution is -2.46. The van der Waals surface area contributed by atoms with Crippen molar-refractivity contribution in [1.82, 2.24) is 14.6 Å². The van der Waals surface area contributed by atoms with Crippen LogP contribution in [0.25, 0.3) is 22.0 Å². The second-order valence-corrected chi connectivity index (χ2v) is 17.6. The molecule has 5 aromatic carbocycles. The molecule has 2 saturated heterocycles. The summed E-state index contributed by atoms with van der Waals surface area (Å²) in [6.45, 7) is 4.19. The minimum atomic E-state index is -4.61. The number of aromatic nitrogens is 1. The number of nitrogens with one attached hydrogen (secondary N) is 3. The molecule has 0 radical (unpaired) electrons. The molecule has 3 heterocycles. The second-order valence-electron chi connectivity index (χ2n) is 15.5. The van der Waals surface area contributed by atoms with Crippen molar-refractivity contribution in [3.63, 3.8) is 0 Å². The Labute approximate surface area is 366 Å². The van der Waals surface area contributed by atoms with Gasteiger partial charge in [0.15, 0.2) is 0 Å². The molecule has 1 amide bonds. The highest BCUT2D eigenvalue weighted by molar-refractivity contribution is 7.90. The predicted molar refractivity (Wildman–Crippen MR) is 234 cm³/mol. The maximum absolute atomic E-state index is 13.9. The number of nitrogens with zero attached hydrogens (tertiary/aromatic N) is 3. The number of alkyl halides is 3. The molecule has 6 aromatic rings. The number of aromatic amines is 1. The van der Waals surface area contributed by atoms with Crippen LogP contribution in [-0.2, 0) is 27.5 Å². The van der Waals surface area contributed by atoms with Crippen molar-refractivity contribution in [1.29, 1.82) is 0 Å². The van der Waals surface area contributed by atoms with Gasteiger partial charge in [0.25, 0.3) is 21.6 Å². The Morgan fingerprint density at radius 3 is 2.41 bits per heavy atom. The van der Waals surface area contributed by atoms with Crippen molar-refractivity contribution in [3.05, 3.63) is 141 Å². The molecular weight excluding hydrogens is 861 g/mol. The molecule has 0 unspecified atom stereocenters. The van der Waals surface area contributed by atoms with E-state index in [-0.39, 0.29) is 22.9 Å². The highest BCUT2D eigenvalue weighted by Gasteiger charge is 2.32. The zero-order chi connectivity index (χ0) is 44.3. The number of hydrogen-bond donors (Lipinski definition) is 3. The summed E-state index contributed by atoms with van der Waals surface area (Å²) >= 11 is 6.08. The molecule has 2 fully saturated rings. The molecule has 0 bridgehead atoms. The Balaban J connectivity index is 1.01. The zero-order valence-corrected chi connectivity index (χ0v) is 35.2. The lowest BCUT2D eigenvalue weighted by molar-refractivity contribution is -0.384. The first-order valence-electron chi connectivity index (χ1n) is 20.2. The number of piperazine rings is 1. The SMILES string of the molecule is O=C(NS(=O)(=O)c1ccc(NCC2CCOCC2)c([N+](=O)[O-])c1)c1ccc(N2CCN(Cc3ccc(C(F)(F)F)cc3-c3ccc(Cl)cc3)CC2)cc1Oc1ccc2[nH]ccc2c1. The van der Waals surface area contributed by atoms with Gasteiger partial charge in [-0.05, 0) is 108 Å². The number of carbonyl (C=O) groups is 1. The molecule has 2 aliphatic heterocycles. The van der Waals surface area contributed by atoms with E-state index in [0.29, 0.717) is 80.1 Å². The number of nitro groups is 1. The van der Waals surface area contributed by atoms with Gasteiger partial charge in [0.1, 0.15) is 17.2 Å². The van der Waals surface area contributed by atoms with Crippen molar-refractivity contribution in [3.8, 4) is 22.6 Å². The number of amides is 1. The Hall–Kier alpha value is -6.14. The molecule has 3 N–H and O–H groups in total. The number of halogens is 4. The van der Waals surface area contributed by atoms with Crippen LogP contribution in [0.1, 0.15) is 34.3 Å². The van der Waals surface area contributed by atoms with E-state index in [1.807, 2.05) is 12.1 Å². The predicted octanol–water partition coefficient (Wildman–Crippen LogP) is 9.49. The molecule has 0 aliphatic carbocycles. The molecule has 0 spiro atoms. The van der Waals surface area contributed by atoms with Gasteiger partial charge in [0.2, 0.25) is 0 Å². The van der Waals surface area contributed by atoms with Gasteiger partial charge < -0.3 is 24.7 Å². The van der Waals surface area contributed by atoms with Gasteiger partial charge >= 0.3 is 6.18 Å². The quantitative estimate of drug-likeness (QED) is 0.0753. The third kappa shape index (κ3) is 10.2. The smallest absolute Gasteiger partial charge is 0.416 e. The van der Waals surface area contributed by atoms with Crippen molar-refractivity contribution in [2.75, 3.05) is 56.2 Å². The normalized spacial score (nSPS) is 15.3. The fourth-order valence-electron chi connectivity index (χ4n) is 7.82. The van der Waals surface area contributed by atoms with Gasteiger partial charge in [-0.1, -0.05) is 29.8 Å². The summed E-state index contributed by atoms with van der Waals surface area (Å²) in [6, 6.07) is 25.8. The number of ether oxygens (including phenoxy) is 2. The molecule has 18 heteroatoms. The number of sulfonamides is 1. The van der Waals surface area contributed by atoms with E-state index in [4.69, 9.17) is 21.1 Å². The minimum Gasteiger partial charge on any atom is -0.456 e. The highest BCUT2D eigenvalue weighted by Crippen LogP contribution is 2.37. The average Bonchev–Trinajstić information content (AvgIpc) is 3.74. The summed E-state index contributed by atoms with van der Waals surface area (Å²) in [5.41, 5.74) is 2.21. The van der Waals surface area contributed by atoms with E-state index < -0.39 is 43.2 Å². The van der Waals surface area contributed by atoms with E-state index in [9.17, 15) is 36.5 Å². The van der Waals surface area contributed by atoms with Crippen LogP contribution >= 0.6 is 11.6 Å².